The molecule has 0 saturated carbocycles. The quantitative estimate of drug-likeness (QED) is 0.495. The summed E-state index contributed by atoms with van der Waals surface area (Å²) >= 11 is 0. The Kier molecular flexibility index (Phi) is 6.52. The molecule has 2 amide bonds. The molecule has 0 unspecified atom stereocenters. The average molecular weight is 511 g/mol. The number of carbonyl (C=O) groups is 2. The van der Waals surface area contributed by atoms with Gasteiger partial charge in [0.05, 0.1) is 5.92 Å². The van der Waals surface area contributed by atoms with E-state index >= 15 is 0 Å². The van der Waals surface area contributed by atoms with E-state index in [9.17, 15) is 14.4 Å². The van der Waals surface area contributed by atoms with Crippen molar-refractivity contribution in [3.05, 3.63) is 93.9 Å². The third-order valence-corrected chi connectivity index (χ3v) is 8.40. The van der Waals surface area contributed by atoms with Crippen molar-refractivity contribution in [3.63, 3.8) is 0 Å². The number of amides is 2. The lowest BCUT2D eigenvalue weighted by atomic mass is 9.69. The van der Waals surface area contributed by atoms with Crippen molar-refractivity contribution in [2.45, 2.75) is 51.1 Å². The number of aromatic nitrogens is 1. The largest absolute Gasteiger partial charge is 0.366 e. The molecule has 3 aromatic rings. The summed E-state index contributed by atoms with van der Waals surface area (Å²) in [5.74, 6) is 0.164. The highest BCUT2D eigenvalue weighted by Gasteiger charge is 2.49. The van der Waals surface area contributed by atoms with Crippen LogP contribution in [0.4, 0.5) is 11.4 Å². The number of aryl methyl sites for hydroxylation is 1. The second-order valence-corrected chi connectivity index (χ2v) is 11.0. The molecule has 7 nitrogen and oxygen atoms in total. The number of carbonyl (C=O) groups excluding carboxylic acids is 2. The van der Waals surface area contributed by atoms with E-state index in [-0.39, 0.29) is 35.3 Å². The first-order valence-corrected chi connectivity index (χ1v) is 13.7. The molecule has 6 rings (SSSR count). The lowest BCUT2D eigenvalue weighted by Crippen LogP contribution is -2.60. The maximum absolute atomic E-state index is 13.8. The Labute approximate surface area is 222 Å². The number of rotatable bonds is 6. The molecule has 0 spiro atoms. The predicted molar refractivity (Wildman–Crippen MR) is 148 cm³/mol. The summed E-state index contributed by atoms with van der Waals surface area (Å²) in [6.45, 7) is 3.65. The molecule has 3 aliphatic rings. The standard InChI is InChI=1S/C31H34N4O3/c1-20(36)33-24-12-13-27-23(16-24)17-26(31(38)32-14-6-9-21-7-3-2-4-8-21)30-25-15-22(19-35(27)30)18-34-28(25)10-5-11-29(34)37/h2-5,7-8,10-13,16,22,25-26,30H,6,9,14-15,17-19H2,1H3,(H,32,38)(H,33,36)/t22-,25+,26+,30+/m0/s1. The molecule has 2 bridgehead atoms. The SMILES string of the molecule is CC(=O)Nc1ccc2c(c1)C[C@@H](C(=O)NCCCc1ccccc1)[C@H]1[C@@H]3C[C@H](CN21)Cn1c3cccc1=O. The van der Waals surface area contributed by atoms with Gasteiger partial charge in [0.1, 0.15) is 0 Å². The van der Waals surface area contributed by atoms with E-state index < -0.39 is 0 Å². The third kappa shape index (κ3) is 4.62. The molecular weight excluding hydrogens is 476 g/mol. The Morgan fingerprint density at radius 3 is 2.66 bits per heavy atom. The number of nitrogens with one attached hydrogen (secondary N) is 2. The summed E-state index contributed by atoms with van der Waals surface area (Å²) in [5, 5.41) is 6.13. The van der Waals surface area contributed by atoms with Crippen LogP contribution in [0.25, 0.3) is 0 Å². The van der Waals surface area contributed by atoms with Crippen molar-refractivity contribution in [2.75, 3.05) is 23.3 Å². The highest BCUT2D eigenvalue weighted by molar-refractivity contribution is 5.89. The van der Waals surface area contributed by atoms with E-state index in [4.69, 9.17) is 0 Å². The maximum Gasteiger partial charge on any atom is 0.250 e. The highest BCUT2D eigenvalue weighted by atomic mass is 16.2. The van der Waals surface area contributed by atoms with Gasteiger partial charge in [0, 0.05) is 61.7 Å². The minimum atomic E-state index is -0.250. The van der Waals surface area contributed by atoms with Gasteiger partial charge in [0.2, 0.25) is 11.8 Å². The van der Waals surface area contributed by atoms with E-state index in [1.807, 2.05) is 41.0 Å². The Balaban J connectivity index is 1.30. The van der Waals surface area contributed by atoms with Gasteiger partial charge in [-0.1, -0.05) is 36.4 Å². The Morgan fingerprint density at radius 1 is 1.00 bits per heavy atom. The molecule has 0 aliphatic carbocycles. The van der Waals surface area contributed by atoms with Gasteiger partial charge in [-0.15, -0.1) is 0 Å². The first-order valence-electron chi connectivity index (χ1n) is 13.7. The van der Waals surface area contributed by atoms with E-state index in [0.717, 1.165) is 48.4 Å². The number of anilines is 2. The van der Waals surface area contributed by atoms with Crippen molar-refractivity contribution in [1.82, 2.24) is 9.88 Å². The van der Waals surface area contributed by atoms with Crippen molar-refractivity contribution in [1.29, 1.82) is 0 Å². The average Bonchev–Trinajstić information content (AvgIpc) is 2.91. The van der Waals surface area contributed by atoms with Gasteiger partial charge in [0.15, 0.2) is 0 Å². The number of hydrogen-bond donors (Lipinski definition) is 2. The molecule has 7 heteroatoms. The van der Waals surface area contributed by atoms with Crippen LogP contribution < -0.4 is 21.1 Å². The molecule has 38 heavy (non-hydrogen) atoms. The van der Waals surface area contributed by atoms with Crippen LogP contribution >= 0.6 is 0 Å². The monoisotopic (exact) mass is 510 g/mol. The van der Waals surface area contributed by atoms with Crippen LogP contribution in [0.3, 0.4) is 0 Å². The topological polar surface area (TPSA) is 83.4 Å². The fourth-order valence-electron chi connectivity index (χ4n) is 6.88. The number of benzene rings is 2. The zero-order valence-electron chi connectivity index (χ0n) is 21.7. The summed E-state index contributed by atoms with van der Waals surface area (Å²) in [6.07, 6.45) is 3.39. The Morgan fingerprint density at radius 2 is 1.84 bits per heavy atom. The first-order chi connectivity index (χ1) is 18.5. The van der Waals surface area contributed by atoms with Crippen LogP contribution in [0.1, 0.15) is 42.5 Å². The van der Waals surface area contributed by atoms with Crippen molar-refractivity contribution in [2.24, 2.45) is 11.8 Å². The molecule has 1 fully saturated rings. The van der Waals surface area contributed by atoms with E-state index in [0.29, 0.717) is 25.4 Å². The summed E-state index contributed by atoms with van der Waals surface area (Å²) < 4.78 is 1.93. The van der Waals surface area contributed by atoms with Crippen LogP contribution in [0.5, 0.6) is 0 Å². The minimum Gasteiger partial charge on any atom is -0.366 e. The van der Waals surface area contributed by atoms with E-state index in [1.165, 1.54) is 12.5 Å². The van der Waals surface area contributed by atoms with E-state index in [1.54, 1.807) is 6.07 Å². The molecule has 196 valence electrons. The maximum atomic E-state index is 13.8. The molecule has 2 N–H and O–H groups in total. The smallest absolute Gasteiger partial charge is 0.250 e. The van der Waals surface area contributed by atoms with Crippen LogP contribution in [0.2, 0.25) is 0 Å². The molecule has 3 aliphatic heterocycles. The molecular formula is C31H34N4O3. The zero-order chi connectivity index (χ0) is 26.2. The summed E-state index contributed by atoms with van der Waals surface area (Å²) in [4.78, 5) is 40.6. The fraction of sp³-hybridized carbons (Fsp3) is 0.387. The van der Waals surface area contributed by atoms with Gasteiger partial charge in [-0.25, -0.2) is 0 Å². The molecule has 1 aromatic heterocycles. The highest BCUT2D eigenvalue weighted by Crippen LogP contribution is 2.48. The first kappa shape index (κ1) is 24.5. The molecule has 4 atom stereocenters. The summed E-state index contributed by atoms with van der Waals surface area (Å²) in [7, 11) is 0. The minimum absolute atomic E-state index is 0.0205. The molecule has 0 radical (unpaired) electrons. The van der Waals surface area contributed by atoms with E-state index in [2.05, 4.69) is 39.8 Å². The van der Waals surface area contributed by atoms with Gasteiger partial charge in [0.25, 0.3) is 5.56 Å². The number of nitrogens with zero attached hydrogens (tertiary/aromatic N) is 2. The summed E-state index contributed by atoms with van der Waals surface area (Å²) in [5.41, 5.74) is 5.34. The predicted octanol–water partition coefficient (Wildman–Crippen LogP) is 3.72. The van der Waals surface area contributed by atoms with Gasteiger partial charge in [-0.05, 0) is 67.0 Å². The summed E-state index contributed by atoms with van der Waals surface area (Å²) in [6, 6.07) is 21.9. The molecule has 1 saturated heterocycles. The van der Waals surface area contributed by atoms with Crippen molar-refractivity contribution in [3.8, 4) is 0 Å². The van der Waals surface area contributed by atoms with Crippen LogP contribution in [0, 0.1) is 11.8 Å². The molecule has 2 aromatic carbocycles. The lowest BCUT2D eigenvalue weighted by Gasteiger charge is -2.54. The second-order valence-electron chi connectivity index (χ2n) is 11.0. The molecule has 4 heterocycles. The van der Waals surface area contributed by atoms with Crippen LogP contribution in [-0.2, 0) is 29.0 Å². The lowest BCUT2D eigenvalue weighted by molar-refractivity contribution is -0.126. The van der Waals surface area contributed by atoms with Crippen molar-refractivity contribution < 1.29 is 9.59 Å². The zero-order valence-corrected chi connectivity index (χ0v) is 21.7. The van der Waals surface area contributed by atoms with Crippen molar-refractivity contribution >= 4 is 23.2 Å². The number of pyridine rings is 1. The Hall–Kier alpha value is -3.87. The number of hydrogen-bond acceptors (Lipinski definition) is 4. The van der Waals surface area contributed by atoms with Gasteiger partial charge >= 0.3 is 0 Å². The van der Waals surface area contributed by atoms with Gasteiger partial charge < -0.3 is 20.1 Å². The second kappa shape index (κ2) is 10.1. The number of fused-ring (bicyclic) bond motifs is 8. The van der Waals surface area contributed by atoms with Gasteiger partial charge in [-0.3, -0.25) is 14.4 Å². The van der Waals surface area contributed by atoms with Crippen LogP contribution in [0.15, 0.2) is 71.5 Å². The number of piperidine rings is 1. The Bertz CT molecular complexity index is 1420. The third-order valence-electron chi connectivity index (χ3n) is 8.40. The normalized spacial score (nSPS) is 23.0. The van der Waals surface area contributed by atoms with Crippen LogP contribution in [-0.4, -0.2) is 35.5 Å². The van der Waals surface area contributed by atoms with Gasteiger partial charge in [-0.2, -0.15) is 0 Å². The fourth-order valence-corrected chi connectivity index (χ4v) is 6.88.